The zero-order valence-corrected chi connectivity index (χ0v) is 12.0. The Balaban J connectivity index is 3.22. The monoisotopic (exact) mass is 259 g/mol. The summed E-state index contributed by atoms with van der Waals surface area (Å²) in [6.45, 7) is 11.1. The maximum Gasteiger partial charge on any atom is 0.228 e. The highest BCUT2D eigenvalue weighted by Crippen LogP contribution is 2.28. The summed E-state index contributed by atoms with van der Waals surface area (Å²) in [5.41, 5.74) is 9.40. The van der Waals surface area contributed by atoms with Gasteiger partial charge in [-0.3, -0.25) is 9.59 Å². The second-order valence-electron chi connectivity index (χ2n) is 5.13. The van der Waals surface area contributed by atoms with Crippen LogP contribution in [0.3, 0.4) is 0 Å². The molecule has 19 heavy (non-hydrogen) atoms. The largest absolute Gasteiger partial charge is 0.369 e. The van der Waals surface area contributed by atoms with Gasteiger partial charge in [0.1, 0.15) is 11.7 Å². The average Bonchev–Trinajstić information content (AvgIpc) is 2.27. The second kappa shape index (κ2) is 5.83. The molecule has 1 rings (SSSR count). The normalized spacial score (nSPS) is 13.7. The van der Waals surface area contributed by atoms with Gasteiger partial charge in [-0.2, -0.15) is 0 Å². The fourth-order valence-corrected chi connectivity index (χ4v) is 2.37. The third-order valence-electron chi connectivity index (χ3n) is 3.49. The van der Waals surface area contributed by atoms with Crippen LogP contribution in [0.2, 0.25) is 0 Å². The van der Waals surface area contributed by atoms with Gasteiger partial charge in [-0.05, 0) is 43.4 Å². The Morgan fingerprint density at radius 2 is 1.84 bits per heavy atom. The van der Waals surface area contributed by atoms with E-state index in [1.807, 2.05) is 39.0 Å². The minimum Gasteiger partial charge on any atom is -0.369 e. The fraction of sp³-hybridized carbons (Fsp3) is 0.375. The first-order valence-electron chi connectivity index (χ1n) is 6.32. The minimum absolute atomic E-state index is 0.197. The number of rotatable bonds is 5. The smallest absolute Gasteiger partial charge is 0.228 e. The lowest BCUT2D eigenvalue weighted by molar-refractivity contribution is -0.131. The molecular weight excluding hydrogens is 238 g/mol. The fourth-order valence-electron chi connectivity index (χ4n) is 2.37. The Kier molecular flexibility index (Phi) is 4.65. The molecule has 0 aliphatic heterocycles. The van der Waals surface area contributed by atoms with E-state index >= 15 is 0 Å². The van der Waals surface area contributed by atoms with Gasteiger partial charge < -0.3 is 5.73 Å². The van der Waals surface area contributed by atoms with E-state index in [4.69, 9.17) is 5.73 Å². The average molecular weight is 259 g/mol. The number of benzene rings is 1. The third-order valence-corrected chi connectivity index (χ3v) is 3.49. The Bertz CT molecular complexity index is 518. The van der Waals surface area contributed by atoms with Crippen LogP contribution in [0.4, 0.5) is 0 Å². The third kappa shape index (κ3) is 3.31. The molecule has 0 aliphatic rings. The molecule has 1 aromatic rings. The number of Topliss-reactive ketones (excluding diaryl/α,β-unsaturated/α-hetero) is 1. The number of carbonyl (C=O) groups is 2. The standard InChI is InChI=1S/C16H21NO2/c1-9(2)14-8-13(7-6-10(14)3)11(4)15(12(5)18)16(17)19/h6-8,11,15H,1H2,2-5H3,(H2,17,19). The highest BCUT2D eigenvalue weighted by atomic mass is 16.2. The second-order valence-corrected chi connectivity index (χ2v) is 5.13. The van der Waals surface area contributed by atoms with E-state index in [-0.39, 0.29) is 11.7 Å². The summed E-state index contributed by atoms with van der Waals surface area (Å²) in [6, 6.07) is 5.90. The number of carbonyl (C=O) groups excluding carboxylic acids is 2. The van der Waals surface area contributed by atoms with E-state index in [0.29, 0.717) is 0 Å². The highest BCUT2D eigenvalue weighted by Gasteiger charge is 2.28. The summed E-state index contributed by atoms with van der Waals surface area (Å²) in [5.74, 6) is -1.77. The van der Waals surface area contributed by atoms with Crippen molar-refractivity contribution >= 4 is 17.3 Å². The number of hydrogen-bond donors (Lipinski definition) is 1. The van der Waals surface area contributed by atoms with Crippen LogP contribution in [-0.2, 0) is 9.59 Å². The molecule has 102 valence electrons. The summed E-state index contributed by atoms with van der Waals surface area (Å²) in [6.07, 6.45) is 0. The Morgan fingerprint density at radius 3 is 2.26 bits per heavy atom. The van der Waals surface area contributed by atoms with Crippen LogP contribution in [0.1, 0.15) is 43.4 Å². The molecule has 1 aromatic carbocycles. The molecule has 3 heteroatoms. The molecule has 0 radical (unpaired) electrons. The summed E-state index contributed by atoms with van der Waals surface area (Å²) < 4.78 is 0. The van der Waals surface area contributed by atoms with E-state index < -0.39 is 11.8 Å². The predicted octanol–water partition coefficient (Wildman–Crippen LogP) is 2.82. The van der Waals surface area contributed by atoms with Gasteiger partial charge in [0.25, 0.3) is 0 Å². The van der Waals surface area contributed by atoms with Crippen LogP contribution in [0.5, 0.6) is 0 Å². The molecule has 0 saturated heterocycles. The molecule has 1 amide bonds. The molecule has 0 bridgehead atoms. The Labute approximate surface area is 114 Å². The minimum atomic E-state index is -0.777. The molecule has 2 atom stereocenters. The molecule has 3 nitrogen and oxygen atoms in total. The lowest BCUT2D eigenvalue weighted by atomic mass is 9.83. The van der Waals surface area contributed by atoms with Crippen LogP contribution in [-0.4, -0.2) is 11.7 Å². The Morgan fingerprint density at radius 1 is 1.26 bits per heavy atom. The van der Waals surface area contributed by atoms with E-state index in [9.17, 15) is 9.59 Å². The van der Waals surface area contributed by atoms with Gasteiger partial charge in [0.2, 0.25) is 5.91 Å². The van der Waals surface area contributed by atoms with E-state index in [1.54, 1.807) is 0 Å². The number of nitrogens with two attached hydrogens (primary N) is 1. The molecule has 2 N–H and O–H groups in total. The highest BCUT2D eigenvalue weighted by molar-refractivity contribution is 6.00. The lowest BCUT2D eigenvalue weighted by Gasteiger charge is -2.20. The quantitative estimate of drug-likeness (QED) is 0.826. The van der Waals surface area contributed by atoms with E-state index in [0.717, 1.165) is 22.3 Å². The maximum atomic E-state index is 11.6. The van der Waals surface area contributed by atoms with Crippen molar-refractivity contribution in [2.45, 2.75) is 33.6 Å². The molecule has 0 heterocycles. The molecule has 2 unspecified atom stereocenters. The van der Waals surface area contributed by atoms with Gasteiger partial charge in [0.15, 0.2) is 0 Å². The van der Waals surface area contributed by atoms with Crippen LogP contribution in [0, 0.1) is 12.8 Å². The zero-order valence-electron chi connectivity index (χ0n) is 12.0. The summed E-state index contributed by atoms with van der Waals surface area (Å²) in [4.78, 5) is 23.0. The van der Waals surface area contributed by atoms with E-state index in [2.05, 4.69) is 6.58 Å². The number of allylic oxidation sites excluding steroid dienone is 1. The van der Waals surface area contributed by atoms with Gasteiger partial charge in [-0.1, -0.05) is 37.3 Å². The number of hydrogen-bond acceptors (Lipinski definition) is 2. The van der Waals surface area contributed by atoms with Crippen LogP contribution in [0.15, 0.2) is 24.8 Å². The SMILES string of the molecule is C=C(C)c1cc(C(C)C(C(C)=O)C(N)=O)ccc1C. The van der Waals surface area contributed by atoms with Gasteiger partial charge in [-0.25, -0.2) is 0 Å². The first-order valence-corrected chi connectivity index (χ1v) is 6.32. The molecule has 0 aromatic heterocycles. The van der Waals surface area contributed by atoms with Crippen LogP contribution < -0.4 is 5.73 Å². The number of amides is 1. The van der Waals surface area contributed by atoms with Crippen molar-refractivity contribution < 1.29 is 9.59 Å². The van der Waals surface area contributed by atoms with E-state index in [1.165, 1.54) is 6.92 Å². The van der Waals surface area contributed by atoms with Gasteiger partial charge in [0, 0.05) is 0 Å². The zero-order chi connectivity index (χ0) is 14.7. The topological polar surface area (TPSA) is 60.2 Å². The van der Waals surface area contributed by atoms with Crippen molar-refractivity contribution in [1.29, 1.82) is 0 Å². The first-order chi connectivity index (χ1) is 8.75. The van der Waals surface area contributed by atoms with Crippen molar-refractivity contribution in [3.05, 3.63) is 41.5 Å². The summed E-state index contributed by atoms with van der Waals surface area (Å²) >= 11 is 0. The number of aryl methyl sites for hydroxylation is 1. The molecule has 0 spiro atoms. The number of ketones is 1. The van der Waals surface area contributed by atoms with Crippen LogP contribution in [0.25, 0.3) is 5.57 Å². The van der Waals surface area contributed by atoms with Gasteiger partial charge in [0.05, 0.1) is 0 Å². The van der Waals surface area contributed by atoms with Crippen molar-refractivity contribution in [2.75, 3.05) is 0 Å². The number of primary amides is 1. The maximum absolute atomic E-state index is 11.6. The van der Waals surface area contributed by atoms with Crippen molar-refractivity contribution in [1.82, 2.24) is 0 Å². The lowest BCUT2D eigenvalue weighted by Crippen LogP contribution is -2.33. The molecule has 0 fully saturated rings. The first kappa shape index (κ1) is 15.2. The van der Waals surface area contributed by atoms with Crippen molar-refractivity contribution in [3.63, 3.8) is 0 Å². The molecule has 0 aliphatic carbocycles. The Hall–Kier alpha value is -1.90. The van der Waals surface area contributed by atoms with Gasteiger partial charge in [-0.15, -0.1) is 0 Å². The predicted molar refractivity (Wildman–Crippen MR) is 77.7 cm³/mol. The van der Waals surface area contributed by atoms with Gasteiger partial charge >= 0.3 is 0 Å². The summed E-state index contributed by atoms with van der Waals surface area (Å²) in [7, 11) is 0. The molecule has 0 saturated carbocycles. The summed E-state index contributed by atoms with van der Waals surface area (Å²) in [5, 5.41) is 0. The van der Waals surface area contributed by atoms with Crippen LogP contribution >= 0.6 is 0 Å². The molecular formula is C16H21NO2. The van der Waals surface area contributed by atoms with Crippen molar-refractivity contribution in [2.24, 2.45) is 11.7 Å². The van der Waals surface area contributed by atoms with Crippen molar-refractivity contribution in [3.8, 4) is 0 Å².